The van der Waals surface area contributed by atoms with E-state index in [4.69, 9.17) is 4.74 Å². The summed E-state index contributed by atoms with van der Waals surface area (Å²) in [7, 11) is 0. The lowest BCUT2D eigenvalue weighted by atomic mass is 10.0. The maximum atomic E-state index is 10.8. The van der Waals surface area contributed by atoms with E-state index < -0.39 is 0 Å². The topological polar surface area (TPSA) is 26.3 Å². The molecular weight excluding hydrogens is 356 g/mol. The Balaban J connectivity index is 0.000000234. The largest absolute Gasteiger partial charge is 0.457 e. The summed E-state index contributed by atoms with van der Waals surface area (Å²) in [5, 5.41) is 0. The molecule has 0 aliphatic carbocycles. The van der Waals surface area contributed by atoms with Crippen LogP contribution in [0.3, 0.4) is 0 Å². The van der Waals surface area contributed by atoms with E-state index in [0.29, 0.717) is 12.2 Å². The van der Waals surface area contributed by atoms with Gasteiger partial charge in [-0.25, -0.2) is 4.79 Å². The van der Waals surface area contributed by atoms with Crippen LogP contribution in [0.5, 0.6) is 0 Å². The third-order valence-electron chi connectivity index (χ3n) is 3.75. The zero-order chi connectivity index (χ0) is 21.6. The SMILES string of the molecule is CC.CC(C)C.Cc1ccc(-c2ccccc2)cc1.O=C1OCc2ccccc21. The fourth-order valence-electron chi connectivity index (χ4n) is 2.44. The average molecular weight is 391 g/mol. The molecule has 1 aliphatic rings. The number of fused-ring (bicyclic) bond motifs is 1. The highest BCUT2D eigenvalue weighted by Gasteiger charge is 2.18. The normalized spacial score (nSPS) is 10.9. The minimum Gasteiger partial charge on any atom is -0.457 e. The number of carbonyl (C=O) groups excluding carboxylic acids is 1. The van der Waals surface area contributed by atoms with Gasteiger partial charge in [0.1, 0.15) is 6.61 Å². The van der Waals surface area contributed by atoms with E-state index in [-0.39, 0.29) is 5.97 Å². The predicted molar refractivity (Wildman–Crippen MR) is 124 cm³/mol. The van der Waals surface area contributed by atoms with Crippen LogP contribution in [-0.4, -0.2) is 5.97 Å². The summed E-state index contributed by atoms with van der Waals surface area (Å²) in [4.78, 5) is 10.8. The standard InChI is InChI=1S/C13H12.C8H6O2.C4H10.C2H6/c1-11-7-9-13(10-8-11)12-5-3-2-4-6-12;9-8-7-4-2-1-3-6(7)5-10-8;1-4(2)3;1-2/h2-10H,1H3;1-4H,5H2;4H,1-3H3;1-2H3. The van der Waals surface area contributed by atoms with Gasteiger partial charge in [-0.2, -0.15) is 0 Å². The van der Waals surface area contributed by atoms with Gasteiger partial charge in [-0.05, 0) is 30.0 Å². The molecule has 2 nitrogen and oxygen atoms in total. The molecule has 154 valence electrons. The van der Waals surface area contributed by atoms with Gasteiger partial charge in [0.2, 0.25) is 0 Å². The van der Waals surface area contributed by atoms with Crippen molar-refractivity contribution in [1.82, 2.24) is 0 Å². The van der Waals surface area contributed by atoms with Crippen LogP contribution in [0, 0.1) is 12.8 Å². The van der Waals surface area contributed by atoms with Crippen LogP contribution >= 0.6 is 0 Å². The summed E-state index contributed by atoms with van der Waals surface area (Å²) in [5.74, 6) is 0.635. The van der Waals surface area contributed by atoms with Crippen molar-refractivity contribution in [3.05, 3.63) is 95.6 Å². The summed E-state index contributed by atoms with van der Waals surface area (Å²) in [5.41, 5.74) is 5.57. The Bertz CT molecular complexity index is 831. The summed E-state index contributed by atoms with van der Waals surface area (Å²) in [6.07, 6.45) is 0. The number of benzene rings is 3. The highest BCUT2D eigenvalue weighted by Crippen LogP contribution is 2.19. The van der Waals surface area contributed by atoms with Crippen LogP contribution in [0.15, 0.2) is 78.9 Å². The highest BCUT2D eigenvalue weighted by atomic mass is 16.5. The van der Waals surface area contributed by atoms with Crippen LogP contribution < -0.4 is 0 Å². The lowest BCUT2D eigenvalue weighted by molar-refractivity contribution is 0.0535. The third kappa shape index (κ3) is 8.78. The van der Waals surface area contributed by atoms with Gasteiger partial charge in [-0.15, -0.1) is 0 Å². The van der Waals surface area contributed by atoms with Crippen molar-refractivity contribution in [2.45, 2.75) is 48.1 Å². The monoisotopic (exact) mass is 390 g/mol. The molecule has 0 saturated heterocycles. The van der Waals surface area contributed by atoms with E-state index in [9.17, 15) is 4.79 Å². The van der Waals surface area contributed by atoms with E-state index in [1.54, 1.807) is 6.07 Å². The van der Waals surface area contributed by atoms with Gasteiger partial charge in [0, 0.05) is 5.56 Å². The molecule has 3 aromatic carbocycles. The van der Waals surface area contributed by atoms with Crippen LogP contribution in [0.1, 0.15) is 56.1 Å². The van der Waals surface area contributed by atoms with Gasteiger partial charge in [0.25, 0.3) is 0 Å². The molecule has 0 saturated carbocycles. The zero-order valence-electron chi connectivity index (χ0n) is 18.6. The molecule has 0 bridgehead atoms. The second-order valence-electron chi connectivity index (χ2n) is 7.20. The minimum atomic E-state index is -0.199. The van der Waals surface area contributed by atoms with E-state index in [0.717, 1.165) is 11.5 Å². The second kappa shape index (κ2) is 13.3. The maximum absolute atomic E-state index is 10.8. The van der Waals surface area contributed by atoms with Crippen LogP contribution in [0.25, 0.3) is 11.1 Å². The summed E-state index contributed by atoms with van der Waals surface area (Å²) in [6.45, 7) is 13.0. The number of hydrogen-bond donors (Lipinski definition) is 0. The molecule has 0 amide bonds. The molecule has 4 rings (SSSR count). The molecule has 0 fully saturated rings. The smallest absolute Gasteiger partial charge is 0.338 e. The van der Waals surface area contributed by atoms with Gasteiger partial charge >= 0.3 is 5.97 Å². The molecule has 0 atom stereocenters. The average Bonchev–Trinajstić information content (AvgIpc) is 3.12. The summed E-state index contributed by atoms with van der Waals surface area (Å²) >= 11 is 0. The number of ether oxygens (including phenoxy) is 1. The van der Waals surface area contributed by atoms with Crippen molar-refractivity contribution in [2.75, 3.05) is 0 Å². The Morgan fingerprint density at radius 3 is 1.76 bits per heavy atom. The number of carbonyl (C=O) groups is 1. The molecule has 1 aliphatic heterocycles. The van der Waals surface area contributed by atoms with E-state index in [2.05, 4.69) is 76.2 Å². The molecular formula is C27H34O2. The van der Waals surface area contributed by atoms with Crippen molar-refractivity contribution in [1.29, 1.82) is 0 Å². The molecule has 0 spiro atoms. The molecule has 2 heteroatoms. The quantitative estimate of drug-likeness (QED) is 0.398. The van der Waals surface area contributed by atoms with Crippen molar-refractivity contribution in [3.63, 3.8) is 0 Å². The Morgan fingerprint density at radius 1 is 0.724 bits per heavy atom. The second-order valence-corrected chi connectivity index (χ2v) is 7.20. The van der Waals surface area contributed by atoms with E-state index in [1.165, 1.54) is 16.7 Å². The molecule has 0 radical (unpaired) electrons. The fraction of sp³-hybridized carbons (Fsp3) is 0.296. The Hall–Kier alpha value is -2.87. The van der Waals surface area contributed by atoms with Crippen molar-refractivity contribution in [2.24, 2.45) is 5.92 Å². The number of hydrogen-bond acceptors (Lipinski definition) is 2. The molecule has 0 aromatic heterocycles. The number of rotatable bonds is 1. The van der Waals surface area contributed by atoms with Crippen molar-refractivity contribution >= 4 is 5.97 Å². The number of aryl methyl sites for hydroxylation is 1. The first kappa shape index (κ1) is 24.2. The molecule has 29 heavy (non-hydrogen) atoms. The van der Waals surface area contributed by atoms with Gasteiger partial charge in [-0.1, -0.05) is 113 Å². The maximum Gasteiger partial charge on any atom is 0.338 e. The van der Waals surface area contributed by atoms with Gasteiger partial charge in [0.15, 0.2) is 0 Å². The lowest BCUT2D eigenvalue weighted by Crippen LogP contribution is -1.91. The van der Waals surface area contributed by atoms with Crippen LogP contribution in [0.4, 0.5) is 0 Å². The third-order valence-corrected chi connectivity index (χ3v) is 3.75. The molecule has 1 heterocycles. The van der Waals surface area contributed by atoms with Crippen LogP contribution in [-0.2, 0) is 11.3 Å². The highest BCUT2D eigenvalue weighted by molar-refractivity contribution is 5.93. The Labute approximate surface area is 176 Å². The summed E-state index contributed by atoms with van der Waals surface area (Å²) in [6, 6.07) is 26.5. The Kier molecular flexibility index (Phi) is 11.1. The van der Waals surface area contributed by atoms with Gasteiger partial charge in [0.05, 0.1) is 5.56 Å². The van der Waals surface area contributed by atoms with Crippen molar-refractivity contribution < 1.29 is 9.53 Å². The predicted octanol–water partition coefficient (Wildman–Crippen LogP) is 7.71. The fourth-order valence-corrected chi connectivity index (χ4v) is 2.44. The van der Waals surface area contributed by atoms with Crippen molar-refractivity contribution in [3.8, 4) is 11.1 Å². The molecule has 0 N–H and O–H groups in total. The number of cyclic esters (lactones) is 1. The minimum absolute atomic E-state index is 0.199. The first-order valence-electron chi connectivity index (χ1n) is 10.3. The first-order valence-corrected chi connectivity index (χ1v) is 10.3. The van der Waals surface area contributed by atoms with E-state index in [1.807, 2.05) is 38.1 Å². The molecule has 0 unspecified atom stereocenters. The van der Waals surface area contributed by atoms with Crippen LogP contribution in [0.2, 0.25) is 0 Å². The zero-order valence-corrected chi connectivity index (χ0v) is 18.6. The Morgan fingerprint density at radius 2 is 1.21 bits per heavy atom. The lowest BCUT2D eigenvalue weighted by Gasteiger charge is -2.00. The first-order chi connectivity index (χ1) is 14.0. The van der Waals surface area contributed by atoms with E-state index >= 15 is 0 Å². The number of esters is 1. The molecule has 3 aromatic rings. The summed E-state index contributed by atoms with van der Waals surface area (Å²) < 4.78 is 4.78. The van der Waals surface area contributed by atoms with Gasteiger partial charge < -0.3 is 4.74 Å². The van der Waals surface area contributed by atoms with Gasteiger partial charge in [-0.3, -0.25) is 0 Å².